The molecule has 22 heavy (non-hydrogen) atoms. The first kappa shape index (κ1) is 18.3. The Morgan fingerprint density at radius 1 is 1.14 bits per heavy atom. The zero-order chi connectivity index (χ0) is 17.2. The van der Waals surface area contributed by atoms with Gasteiger partial charge in [0.15, 0.2) is 0 Å². The maximum atomic E-state index is 13.1. The highest BCUT2D eigenvalue weighted by Gasteiger charge is 2.59. The third-order valence-corrected chi connectivity index (χ3v) is 3.00. The lowest BCUT2D eigenvalue weighted by Gasteiger charge is -2.30. The van der Waals surface area contributed by atoms with E-state index in [0.29, 0.717) is 0 Å². The number of carbonyl (C=O) groups excluding carboxylic acids is 1. The minimum absolute atomic E-state index is 0.101. The van der Waals surface area contributed by atoms with Crippen LogP contribution < -0.4 is 0 Å². The number of ether oxygens (including phenoxy) is 1. The summed E-state index contributed by atoms with van der Waals surface area (Å²) in [6.07, 6.45) is -7.57. The Labute approximate surface area is 123 Å². The molecule has 1 aromatic carbocycles. The zero-order valence-electron chi connectivity index (χ0n) is 11.9. The van der Waals surface area contributed by atoms with Crippen LogP contribution in [0.5, 0.6) is 0 Å². The number of alkyl halides is 5. The van der Waals surface area contributed by atoms with Gasteiger partial charge in [0.2, 0.25) is 0 Å². The molecule has 0 aliphatic carbocycles. The van der Waals surface area contributed by atoms with Crippen molar-refractivity contribution in [3.8, 4) is 0 Å². The monoisotopic (exact) mass is 326 g/mol. The second kappa shape index (κ2) is 6.20. The topological polar surface area (TPSA) is 46.5 Å². The maximum Gasteiger partial charge on any atom is 0.453 e. The Balaban J connectivity index is 2.97. The lowest BCUT2D eigenvalue weighted by Crippen LogP contribution is -2.42. The first-order valence-electron chi connectivity index (χ1n) is 6.35. The summed E-state index contributed by atoms with van der Waals surface area (Å²) in [5, 5.41) is 9.92. The van der Waals surface area contributed by atoms with Gasteiger partial charge in [-0.3, -0.25) is 0 Å². The van der Waals surface area contributed by atoms with E-state index >= 15 is 0 Å². The van der Waals surface area contributed by atoms with Gasteiger partial charge in [0, 0.05) is 0 Å². The van der Waals surface area contributed by atoms with E-state index in [4.69, 9.17) is 4.74 Å². The average Bonchev–Trinajstić information content (AvgIpc) is 2.36. The van der Waals surface area contributed by atoms with Crippen LogP contribution in [0.25, 0.3) is 0 Å². The molecule has 1 atom stereocenters. The first-order chi connectivity index (χ1) is 9.90. The molecule has 0 aliphatic rings. The predicted molar refractivity (Wildman–Crippen MR) is 67.6 cm³/mol. The van der Waals surface area contributed by atoms with Crippen LogP contribution in [-0.4, -0.2) is 29.8 Å². The van der Waals surface area contributed by atoms with Crippen molar-refractivity contribution in [1.29, 1.82) is 0 Å². The quantitative estimate of drug-likeness (QED) is 0.663. The van der Waals surface area contributed by atoms with Gasteiger partial charge in [-0.25, -0.2) is 4.79 Å². The van der Waals surface area contributed by atoms with E-state index in [0.717, 1.165) is 19.1 Å². The van der Waals surface area contributed by atoms with Gasteiger partial charge in [-0.2, -0.15) is 22.0 Å². The van der Waals surface area contributed by atoms with Crippen LogP contribution in [0.4, 0.5) is 22.0 Å². The van der Waals surface area contributed by atoms with Crippen LogP contribution >= 0.6 is 0 Å². The van der Waals surface area contributed by atoms with Crippen molar-refractivity contribution in [3.63, 3.8) is 0 Å². The first-order valence-corrected chi connectivity index (χ1v) is 6.35. The molecule has 0 saturated carbocycles. The summed E-state index contributed by atoms with van der Waals surface area (Å²) >= 11 is 0. The molecule has 0 saturated heterocycles. The number of hydrogen-bond donors (Lipinski definition) is 1. The molecule has 0 aromatic heterocycles. The molecule has 0 bridgehead atoms. The maximum absolute atomic E-state index is 13.1. The number of esters is 1. The minimum Gasteiger partial charge on any atom is -0.462 e. The fourth-order valence-corrected chi connectivity index (χ4v) is 1.81. The Hall–Kier alpha value is -1.70. The van der Waals surface area contributed by atoms with Crippen LogP contribution in [0, 0.1) is 0 Å². The Bertz CT molecular complexity index is 520. The number of hydrogen-bond acceptors (Lipinski definition) is 3. The molecule has 1 unspecified atom stereocenters. The molecule has 0 radical (unpaired) electrons. The Morgan fingerprint density at radius 2 is 1.64 bits per heavy atom. The summed E-state index contributed by atoms with van der Waals surface area (Å²) in [5.41, 5.74) is -2.47. The highest BCUT2D eigenvalue weighted by atomic mass is 19.4. The fraction of sp³-hybridized carbons (Fsp3) is 0.500. The van der Waals surface area contributed by atoms with Crippen molar-refractivity contribution in [2.24, 2.45) is 0 Å². The number of aliphatic hydroxyl groups is 1. The van der Waals surface area contributed by atoms with Gasteiger partial charge in [0.25, 0.3) is 0 Å². The number of carbonyl (C=O) groups is 1. The van der Waals surface area contributed by atoms with Crippen LogP contribution in [-0.2, 0) is 10.3 Å². The molecule has 3 nitrogen and oxygen atoms in total. The van der Waals surface area contributed by atoms with E-state index < -0.39 is 30.1 Å². The van der Waals surface area contributed by atoms with Gasteiger partial charge in [0.05, 0.1) is 24.2 Å². The summed E-state index contributed by atoms with van der Waals surface area (Å²) < 4.78 is 67.5. The van der Waals surface area contributed by atoms with Crippen molar-refractivity contribution in [3.05, 3.63) is 35.4 Å². The summed E-state index contributed by atoms with van der Waals surface area (Å²) in [5.74, 6) is -5.69. The smallest absolute Gasteiger partial charge is 0.453 e. The van der Waals surface area contributed by atoms with Crippen LogP contribution in [0.3, 0.4) is 0 Å². The second-order valence-corrected chi connectivity index (χ2v) is 4.95. The largest absolute Gasteiger partial charge is 0.462 e. The molecule has 124 valence electrons. The summed E-state index contributed by atoms with van der Waals surface area (Å²) in [6.45, 7) is 2.58. The molecule has 0 amide bonds. The molecule has 1 aromatic rings. The van der Waals surface area contributed by atoms with E-state index in [2.05, 4.69) is 0 Å². The molecule has 8 heteroatoms. The third kappa shape index (κ3) is 4.16. The molecular weight excluding hydrogens is 311 g/mol. The van der Waals surface area contributed by atoms with Gasteiger partial charge >= 0.3 is 18.1 Å². The van der Waals surface area contributed by atoms with Crippen molar-refractivity contribution in [2.75, 3.05) is 6.61 Å². The van der Waals surface area contributed by atoms with E-state index in [1.165, 1.54) is 12.1 Å². The molecule has 1 rings (SSSR count). The third-order valence-electron chi connectivity index (χ3n) is 3.00. The molecule has 0 heterocycles. The van der Waals surface area contributed by atoms with E-state index in [1.807, 2.05) is 0 Å². The summed E-state index contributed by atoms with van der Waals surface area (Å²) in [4.78, 5) is 11.4. The second-order valence-electron chi connectivity index (χ2n) is 4.95. The molecular formula is C14H15F5O3. The van der Waals surface area contributed by atoms with Crippen LogP contribution in [0.2, 0.25) is 0 Å². The average molecular weight is 326 g/mol. The molecule has 0 spiro atoms. The lowest BCUT2D eigenvalue weighted by atomic mass is 9.89. The van der Waals surface area contributed by atoms with Crippen molar-refractivity contribution < 1.29 is 36.6 Å². The summed E-state index contributed by atoms with van der Waals surface area (Å²) in [7, 11) is 0. The van der Waals surface area contributed by atoms with E-state index in [1.54, 1.807) is 6.92 Å². The standard InChI is InChI=1S/C14H15F5O3/c1-3-22-11(20)9-4-6-10(7-5-9)12(2,21)8-13(15,16)14(17,18)19/h4-7,21H,3,8H2,1-2H3. The summed E-state index contributed by atoms with van der Waals surface area (Å²) in [6, 6.07) is 4.60. The SMILES string of the molecule is CCOC(=O)c1ccc(C(C)(O)CC(F)(F)C(F)(F)F)cc1. The molecule has 1 N–H and O–H groups in total. The van der Waals surface area contributed by atoms with Gasteiger partial charge in [-0.1, -0.05) is 12.1 Å². The Kier molecular flexibility index (Phi) is 5.17. The van der Waals surface area contributed by atoms with Gasteiger partial charge in [-0.05, 0) is 31.5 Å². The Morgan fingerprint density at radius 3 is 2.05 bits per heavy atom. The molecule has 0 fully saturated rings. The lowest BCUT2D eigenvalue weighted by molar-refractivity contribution is -0.296. The van der Waals surface area contributed by atoms with E-state index in [-0.39, 0.29) is 17.7 Å². The zero-order valence-corrected chi connectivity index (χ0v) is 11.9. The molecule has 0 aliphatic heterocycles. The predicted octanol–water partition coefficient (Wildman–Crippen LogP) is 3.66. The van der Waals surface area contributed by atoms with Gasteiger partial charge < -0.3 is 9.84 Å². The highest BCUT2D eigenvalue weighted by Crippen LogP contribution is 2.43. The normalized spacial score (nSPS) is 15.3. The van der Waals surface area contributed by atoms with Gasteiger partial charge in [-0.15, -0.1) is 0 Å². The van der Waals surface area contributed by atoms with Crippen molar-refractivity contribution in [1.82, 2.24) is 0 Å². The van der Waals surface area contributed by atoms with Gasteiger partial charge in [0.1, 0.15) is 0 Å². The van der Waals surface area contributed by atoms with Crippen LogP contribution in [0.15, 0.2) is 24.3 Å². The number of benzene rings is 1. The van der Waals surface area contributed by atoms with E-state index in [9.17, 15) is 31.9 Å². The minimum atomic E-state index is -5.75. The van der Waals surface area contributed by atoms with Crippen LogP contribution in [0.1, 0.15) is 36.2 Å². The fourth-order valence-electron chi connectivity index (χ4n) is 1.81. The number of halogens is 5. The highest BCUT2D eigenvalue weighted by molar-refractivity contribution is 5.89. The number of rotatable bonds is 5. The van der Waals surface area contributed by atoms with Crippen molar-refractivity contribution in [2.45, 2.75) is 38.0 Å². The van der Waals surface area contributed by atoms with Crippen molar-refractivity contribution >= 4 is 5.97 Å².